The van der Waals surface area contributed by atoms with E-state index in [1.54, 1.807) is 7.05 Å². The second-order valence-electron chi connectivity index (χ2n) is 8.63. The number of rotatable bonds is 9. The molecule has 8 nitrogen and oxygen atoms in total. The van der Waals surface area contributed by atoms with E-state index < -0.39 is 6.10 Å². The van der Waals surface area contributed by atoms with Crippen LogP contribution in [-0.2, 0) is 0 Å². The molecule has 0 spiro atoms. The Morgan fingerprint density at radius 2 is 2.03 bits per heavy atom. The number of aliphatic hydroxyl groups excluding tert-OH is 1. The summed E-state index contributed by atoms with van der Waals surface area (Å²) >= 11 is 0. The number of aryl methyl sites for hydroxylation is 2. The second-order valence-corrected chi connectivity index (χ2v) is 8.63. The molecule has 2 heterocycles. The highest BCUT2D eigenvalue weighted by molar-refractivity contribution is 5.70. The quantitative estimate of drug-likeness (QED) is 0.466. The Hall–Kier alpha value is -2.97. The lowest BCUT2D eigenvalue weighted by Crippen LogP contribution is -2.34. The van der Waals surface area contributed by atoms with Crippen molar-refractivity contribution in [1.29, 1.82) is 0 Å². The summed E-state index contributed by atoms with van der Waals surface area (Å²) in [7, 11) is 1.79. The molecule has 0 bridgehead atoms. The molecule has 1 atom stereocenters. The molecule has 32 heavy (non-hydrogen) atoms. The Kier molecular flexibility index (Phi) is 6.72. The molecular weight excluding hydrogens is 406 g/mol. The van der Waals surface area contributed by atoms with Crippen LogP contribution in [0.4, 0.5) is 5.82 Å². The Balaban J connectivity index is 1.65. The Bertz CT molecular complexity index is 1040. The van der Waals surface area contributed by atoms with E-state index >= 15 is 0 Å². The van der Waals surface area contributed by atoms with E-state index in [1.165, 1.54) is 0 Å². The summed E-state index contributed by atoms with van der Waals surface area (Å²) in [5.74, 6) is 3.51. The fourth-order valence-electron chi connectivity index (χ4n) is 4.07. The molecule has 0 aliphatic heterocycles. The van der Waals surface area contributed by atoms with E-state index in [9.17, 15) is 5.11 Å². The van der Waals surface area contributed by atoms with Crippen molar-refractivity contribution >= 4 is 5.82 Å². The van der Waals surface area contributed by atoms with Crippen molar-refractivity contribution in [2.24, 2.45) is 5.92 Å². The normalized spacial score (nSPS) is 18.8. The minimum Gasteiger partial charge on any atom is -0.491 e. The highest BCUT2D eigenvalue weighted by Gasteiger charge is 2.26. The van der Waals surface area contributed by atoms with Crippen molar-refractivity contribution in [2.75, 3.05) is 25.5 Å². The zero-order valence-corrected chi connectivity index (χ0v) is 19.1. The Labute approximate surface area is 188 Å². The third-order valence-corrected chi connectivity index (χ3v) is 5.72. The van der Waals surface area contributed by atoms with Gasteiger partial charge in [-0.25, -0.2) is 9.97 Å². The van der Waals surface area contributed by atoms with E-state index in [1.807, 2.05) is 44.2 Å². The Morgan fingerprint density at radius 3 is 2.72 bits per heavy atom. The molecular formula is C24H31N5O3. The number of benzene rings is 1. The first-order valence-electron chi connectivity index (χ1n) is 11.1. The van der Waals surface area contributed by atoms with Gasteiger partial charge >= 0.3 is 0 Å². The molecule has 2 aromatic heterocycles. The van der Waals surface area contributed by atoms with Crippen molar-refractivity contribution in [2.45, 2.75) is 45.8 Å². The van der Waals surface area contributed by atoms with Crippen LogP contribution in [0.1, 0.15) is 31.2 Å². The molecule has 1 aromatic carbocycles. The highest BCUT2D eigenvalue weighted by Crippen LogP contribution is 2.33. The molecule has 4 rings (SSSR count). The molecule has 3 N–H and O–H groups in total. The van der Waals surface area contributed by atoms with Gasteiger partial charge in [0.25, 0.3) is 0 Å². The van der Waals surface area contributed by atoms with Crippen molar-refractivity contribution < 1.29 is 14.4 Å². The van der Waals surface area contributed by atoms with E-state index in [-0.39, 0.29) is 6.61 Å². The first-order chi connectivity index (χ1) is 15.4. The van der Waals surface area contributed by atoms with Gasteiger partial charge in [-0.3, -0.25) is 0 Å². The third-order valence-electron chi connectivity index (χ3n) is 5.72. The molecule has 0 radical (unpaired) electrons. The minimum absolute atomic E-state index is 0.205. The lowest BCUT2D eigenvalue weighted by molar-refractivity contribution is 0.108. The molecule has 170 valence electrons. The van der Waals surface area contributed by atoms with Crippen LogP contribution in [-0.4, -0.2) is 52.6 Å². The van der Waals surface area contributed by atoms with E-state index in [0.717, 1.165) is 52.9 Å². The molecule has 8 heteroatoms. The SMILES string of the molecule is CNCC(O)COc1cccc(-c2nc(NC3CC(C)C3)cc(-c3c(C)noc3C)n2)c1. The Morgan fingerprint density at radius 1 is 1.22 bits per heavy atom. The molecule has 1 fully saturated rings. The summed E-state index contributed by atoms with van der Waals surface area (Å²) < 4.78 is 11.1. The van der Waals surface area contributed by atoms with Crippen molar-refractivity contribution in [3.63, 3.8) is 0 Å². The number of anilines is 1. The summed E-state index contributed by atoms with van der Waals surface area (Å²) in [4.78, 5) is 9.63. The number of hydrogen-bond acceptors (Lipinski definition) is 8. The maximum atomic E-state index is 9.92. The highest BCUT2D eigenvalue weighted by atomic mass is 16.5. The molecule has 3 aromatic rings. The average Bonchev–Trinajstić information content (AvgIpc) is 3.09. The van der Waals surface area contributed by atoms with Crippen LogP contribution in [0.3, 0.4) is 0 Å². The number of aliphatic hydroxyl groups is 1. The molecule has 0 amide bonds. The van der Waals surface area contributed by atoms with Gasteiger partial charge in [0, 0.05) is 24.2 Å². The van der Waals surface area contributed by atoms with Gasteiger partial charge in [0.15, 0.2) is 5.82 Å². The van der Waals surface area contributed by atoms with Crippen LogP contribution in [0, 0.1) is 19.8 Å². The van der Waals surface area contributed by atoms with E-state index in [4.69, 9.17) is 19.2 Å². The summed E-state index contributed by atoms with van der Waals surface area (Å²) in [6.07, 6.45) is 1.69. The van der Waals surface area contributed by atoms with Gasteiger partial charge in [-0.05, 0) is 51.8 Å². The van der Waals surface area contributed by atoms with Gasteiger partial charge in [0.2, 0.25) is 0 Å². The van der Waals surface area contributed by atoms with Crippen LogP contribution in [0.15, 0.2) is 34.9 Å². The van der Waals surface area contributed by atoms with Gasteiger partial charge in [0.05, 0.1) is 17.0 Å². The van der Waals surface area contributed by atoms with Crippen LogP contribution >= 0.6 is 0 Å². The van der Waals surface area contributed by atoms with Crippen LogP contribution < -0.4 is 15.4 Å². The second kappa shape index (κ2) is 9.67. The van der Waals surface area contributed by atoms with Crippen molar-refractivity contribution in [1.82, 2.24) is 20.4 Å². The maximum absolute atomic E-state index is 9.92. The van der Waals surface area contributed by atoms with Gasteiger partial charge < -0.3 is 25.0 Å². The van der Waals surface area contributed by atoms with Gasteiger partial charge in [-0.2, -0.15) is 0 Å². The largest absolute Gasteiger partial charge is 0.491 e. The number of hydrogen-bond donors (Lipinski definition) is 3. The zero-order chi connectivity index (χ0) is 22.7. The van der Waals surface area contributed by atoms with E-state index in [0.29, 0.717) is 24.2 Å². The van der Waals surface area contributed by atoms with Crippen molar-refractivity contribution in [3.05, 3.63) is 41.8 Å². The predicted molar refractivity (Wildman–Crippen MR) is 124 cm³/mol. The number of aromatic nitrogens is 3. The standard InChI is InChI=1S/C24H31N5O3/c1-14-8-18(9-14)26-22-11-21(23-15(2)29-32-16(23)3)27-24(28-22)17-6-5-7-20(10-17)31-13-19(30)12-25-4/h5-7,10-11,14,18-19,25,30H,8-9,12-13H2,1-4H3,(H,26,27,28). The van der Waals surface area contributed by atoms with E-state index in [2.05, 4.69) is 22.7 Å². The van der Waals surface area contributed by atoms with Crippen LogP contribution in [0.5, 0.6) is 5.75 Å². The summed E-state index contributed by atoms with van der Waals surface area (Å²) in [5.41, 5.74) is 3.30. The first-order valence-corrected chi connectivity index (χ1v) is 11.1. The summed E-state index contributed by atoms with van der Waals surface area (Å²) in [5, 5.41) is 20.5. The lowest BCUT2D eigenvalue weighted by atomic mass is 9.82. The predicted octanol–water partition coefficient (Wildman–Crippen LogP) is 3.58. The fraction of sp³-hybridized carbons (Fsp3) is 0.458. The average molecular weight is 438 g/mol. The first kappa shape index (κ1) is 22.2. The number of nitrogens with one attached hydrogen (secondary N) is 2. The number of likely N-dealkylation sites (N-methyl/N-ethyl adjacent to an activating group) is 1. The minimum atomic E-state index is -0.580. The molecule has 1 saturated carbocycles. The zero-order valence-electron chi connectivity index (χ0n) is 19.1. The lowest BCUT2D eigenvalue weighted by Gasteiger charge is -2.33. The summed E-state index contributed by atoms with van der Waals surface area (Å²) in [6, 6.07) is 10.0. The maximum Gasteiger partial charge on any atom is 0.162 e. The smallest absolute Gasteiger partial charge is 0.162 e. The van der Waals surface area contributed by atoms with Crippen molar-refractivity contribution in [3.8, 4) is 28.4 Å². The number of ether oxygens (including phenoxy) is 1. The molecule has 0 saturated heterocycles. The molecule has 1 unspecified atom stereocenters. The monoisotopic (exact) mass is 437 g/mol. The van der Waals surface area contributed by atoms with Crippen LogP contribution in [0.2, 0.25) is 0 Å². The topological polar surface area (TPSA) is 105 Å². The van der Waals surface area contributed by atoms with Gasteiger partial charge in [0.1, 0.15) is 30.0 Å². The summed E-state index contributed by atoms with van der Waals surface area (Å²) in [6.45, 7) is 6.74. The fourth-order valence-corrected chi connectivity index (χ4v) is 4.07. The van der Waals surface area contributed by atoms with Gasteiger partial charge in [-0.1, -0.05) is 24.2 Å². The molecule has 1 aliphatic rings. The van der Waals surface area contributed by atoms with Gasteiger partial charge in [-0.15, -0.1) is 0 Å². The van der Waals surface area contributed by atoms with Crippen LogP contribution in [0.25, 0.3) is 22.6 Å². The third kappa shape index (κ3) is 5.08. The number of nitrogens with zero attached hydrogens (tertiary/aromatic N) is 3. The molecule has 1 aliphatic carbocycles.